The monoisotopic (exact) mass is 675 g/mol. The second-order valence-electron chi connectivity index (χ2n) is 12.8. The van der Waals surface area contributed by atoms with Gasteiger partial charge in [0.05, 0.1) is 5.02 Å². The van der Waals surface area contributed by atoms with Crippen molar-refractivity contribution in [2.24, 2.45) is 11.3 Å². The second-order valence-corrected chi connectivity index (χ2v) is 13.6. The first-order valence-corrected chi connectivity index (χ1v) is 17.4. The SMILES string of the molecule is C=C(CCOC)CC(CN(C1CC1)C(O)C1(C)CCCNC1)/C(Cl)=C\C.CCc1cc(C)cc(Cl)c1OCCOc1ccccn1. The van der Waals surface area contributed by atoms with Gasteiger partial charge in [-0.05, 0) is 88.6 Å². The molecule has 1 saturated heterocycles. The van der Waals surface area contributed by atoms with Crippen LogP contribution in [0.25, 0.3) is 0 Å². The van der Waals surface area contributed by atoms with E-state index in [1.165, 1.54) is 12.8 Å². The fraction of sp³-hybridized carbons (Fsp3) is 0.595. The Hall–Kier alpha value is -2.13. The first-order chi connectivity index (χ1) is 22.1. The van der Waals surface area contributed by atoms with E-state index in [-0.39, 0.29) is 11.3 Å². The Kier molecular flexibility index (Phi) is 16.4. The van der Waals surface area contributed by atoms with Crippen LogP contribution in [0.4, 0.5) is 0 Å². The third-order valence-electron chi connectivity index (χ3n) is 8.74. The molecule has 1 aromatic heterocycles. The van der Waals surface area contributed by atoms with E-state index >= 15 is 0 Å². The molecule has 2 N–H and O–H groups in total. The largest absolute Gasteiger partial charge is 0.488 e. The molecular formula is C37H55Cl2N3O4. The second kappa shape index (κ2) is 19.6. The fourth-order valence-electron chi connectivity index (χ4n) is 5.94. The molecule has 0 bridgehead atoms. The van der Waals surface area contributed by atoms with Gasteiger partial charge in [-0.1, -0.05) is 67.4 Å². The van der Waals surface area contributed by atoms with Crippen molar-refractivity contribution in [3.63, 3.8) is 0 Å². The number of nitrogens with one attached hydrogen (secondary N) is 1. The van der Waals surface area contributed by atoms with Gasteiger partial charge in [-0.15, -0.1) is 0 Å². The van der Waals surface area contributed by atoms with E-state index in [0.29, 0.717) is 36.8 Å². The molecule has 2 fully saturated rings. The Balaban J connectivity index is 0.000000259. The molecule has 2 aliphatic rings. The Morgan fingerprint density at radius 1 is 1.24 bits per heavy atom. The Morgan fingerprint density at radius 2 is 2.00 bits per heavy atom. The number of hydrogen-bond donors (Lipinski definition) is 2. The van der Waals surface area contributed by atoms with Crippen molar-refractivity contribution in [1.29, 1.82) is 0 Å². The summed E-state index contributed by atoms with van der Waals surface area (Å²) in [7, 11) is 1.72. The molecule has 1 saturated carbocycles. The Bertz CT molecular complexity index is 1230. The van der Waals surface area contributed by atoms with Crippen LogP contribution in [-0.4, -0.2) is 73.8 Å². The molecule has 1 aliphatic carbocycles. The highest BCUT2D eigenvalue weighted by atomic mass is 35.5. The summed E-state index contributed by atoms with van der Waals surface area (Å²) < 4.78 is 16.4. The van der Waals surface area contributed by atoms with E-state index in [0.717, 1.165) is 79.2 Å². The van der Waals surface area contributed by atoms with Gasteiger partial charge in [-0.25, -0.2) is 4.98 Å². The van der Waals surface area contributed by atoms with E-state index in [1.807, 2.05) is 44.2 Å². The molecule has 7 nitrogen and oxygen atoms in total. The highest BCUT2D eigenvalue weighted by Gasteiger charge is 2.44. The van der Waals surface area contributed by atoms with Crippen LogP contribution in [0.1, 0.15) is 70.4 Å². The van der Waals surface area contributed by atoms with Crippen LogP contribution in [-0.2, 0) is 11.2 Å². The molecule has 1 aliphatic heterocycles. The summed E-state index contributed by atoms with van der Waals surface area (Å²) in [5.74, 6) is 1.53. The van der Waals surface area contributed by atoms with Crippen LogP contribution < -0.4 is 14.8 Å². The minimum absolute atomic E-state index is 0.0964. The highest BCUT2D eigenvalue weighted by Crippen LogP contribution is 2.39. The summed E-state index contributed by atoms with van der Waals surface area (Å²) in [6.07, 6.45) is 10.4. The average Bonchev–Trinajstić information content (AvgIpc) is 3.90. The van der Waals surface area contributed by atoms with Crippen molar-refractivity contribution in [2.75, 3.05) is 46.6 Å². The smallest absolute Gasteiger partial charge is 0.213 e. The number of nitrogens with zero attached hydrogens (tertiary/aromatic N) is 2. The number of benzene rings is 1. The molecular weight excluding hydrogens is 621 g/mol. The van der Waals surface area contributed by atoms with Crippen molar-refractivity contribution in [3.8, 4) is 11.6 Å². The standard InChI is InChI=1S/C21H37ClN2O2.C16H18ClNO2/c1-5-19(22)17(13-16(2)9-12-26-4)14-24(18-7-8-18)20(25)21(3)10-6-11-23-15-21;1-3-13-10-12(2)11-14(17)16(13)20-9-8-19-15-6-4-5-7-18-15/h5,17-18,20,23,25H,2,6-15H2,1,3-4H3;4-7,10-11H,3,8-9H2,1-2H3/b19-5+;. The van der Waals surface area contributed by atoms with Gasteiger partial charge in [0.1, 0.15) is 25.2 Å². The lowest BCUT2D eigenvalue weighted by molar-refractivity contribution is -0.102. The average molecular weight is 677 g/mol. The number of ether oxygens (including phenoxy) is 3. The number of pyridine rings is 1. The molecule has 4 rings (SSSR count). The van der Waals surface area contributed by atoms with Gasteiger partial charge in [0, 0.05) is 61.5 Å². The van der Waals surface area contributed by atoms with Gasteiger partial charge in [-0.3, -0.25) is 4.90 Å². The lowest BCUT2D eigenvalue weighted by Crippen LogP contribution is -2.55. The van der Waals surface area contributed by atoms with E-state index in [4.69, 9.17) is 37.4 Å². The van der Waals surface area contributed by atoms with Crippen molar-refractivity contribution < 1.29 is 19.3 Å². The summed E-state index contributed by atoms with van der Waals surface area (Å²) in [5.41, 5.74) is 3.32. The van der Waals surface area contributed by atoms with E-state index in [2.05, 4.69) is 41.7 Å². The lowest BCUT2D eigenvalue weighted by atomic mass is 9.80. The van der Waals surface area contributed by atoms with E-state index in [9.17, 15) is 5.11 Å². The number of piperidine rings is 1. The fourth-order valence-corrected chi connectivity index (χ4v) is 6.43. The summed E-state index contributed by atoms with van der Waals surface area (Å²) in [5, 5.41) is 16.2. The van der Waals surface area contributed by atoms with Gasteiger partial charge in [-0.2, -0.15) is 0 Å². The first kappa shape index (κ1) is 38.3. The predicted molar refractivity (Wildman–Crippen MR) is 190 cm³/mol. The highest BCUT2D eigenvalue weighted by molar-refractivity contribution is 6.32. The minimum atomic E-state index is -0.432. The molecule has 0 radical (unpaired) electrons. The van der Waals surface area contributed by atoms with Crippen LogP contribution in [0.5, 0.6) is 11.6 Å². The zero-order chi connectivity index (χ0) is 33.5. The van der Waals surface area contributed by atoms with Crippen LogP contribution >= 0.6 is 23.2 Å². The van der Waals surface area contributed by atoms with Crippen LogP contribution in [0, 0.1) is 18.3 Å². The molecule has 3 atom stereocenters. The Labute approximate surface area is 287 Å². The van der Waals surface area contributed by atoms with Crippen molar-refractivity contribution >= 4 is 23.2 Å². The van der Waals surface area contributed by atoms with Crippen LogP contribution in [0.15, 0.2) is 59.8 Å². The third-order valence-corrected chi connectivity index (χ3v) is 9.55. The quantitative estimate of drug-likeness (QED) is 0.100. The molecule has 9 heteroatoms. The maximum Gasteiger partial charge on any atom is 0.213 e. The molecule has 1 aromatic carbocycles. The number of halogens is 2. The summed E-state index contributed by atoms with van der Waals surface area (Å²) in [4.78, 5) is 6.39. The third kappa shape index (κ3) is 12.1. The number of allylic oxidation sites excluding steroid dienone is 1. The molecule has 0 amide bonds. The number of hydrogen-bond acceptors (Lipinski definition) is 7. The van der Waals surface area contributed by atoms with Gasteiger partial charge < -0.3 is 24.6 Å². The normalized spacial score (nSPS) is 19.6. The zero-order valence-corrected chi connectivity index (χ0v) is 30.0. The Morgan fingerprint density at radius 3 is 2.61 bits per heavy atom. The summed E-state index contributed by atoms with van der Waals surface area (Å²) >= 11 is 12.8. The predicted octanol–water partition coefficient (Wildman–Crippen LogP) is 7.96. The number of aliphatic hydroxyl groups is 1. The maximum absolute atomic E-state index is 11.3. The topological polar surface area (TPSA) is 76.1 Å². The van der Waals surface area contributed by atoms with Crippen molar-refractivity contribution in [2.45, 2.75) is 84.9 Å². The number of rotatable bonds is 17. The summed E-state index contributed by atoms with van der Waals surface area (Å²) in [6, 6.07) is 10.0. The number of aryl methyl sites for hydroxylation is 2. The van der Waals surface area contributed by atoms with Crippen molar-refractivity contribution in [1.82, 2.24) is 15.2 Å². The molecule has 0 spiro atoms. The van der Waals surface area contributed by atoms with Crippen molar-refractivity contribution in [3.05, 3.63) is 75.9 Å². The first-order valence-electron chi connectivity index (χ1n) is 16.7. The minimum Gasteiger partial charge on any atom is -0.488 e. The van der Waals surface area contributed by atoms with Gasteiger partial charge >= 0.3 is 0 Å². The zero-order valence-electron chi connectivity index (χ0n) is 28.5. The van der Waals surface area contributed by atoms with Gasteiger partial charge in [0.15, 0.2) is 0 Å². The maximum atomic E-state index is 11.3. The number of methoxy groups -OCH3 is 1. The molecule has 256 valence electrons. The van der Waals surface area contributed by atoms with Gasteiger partial charge in [0.25, 0.3) is 0 Å². The van der Waals surface area contributed by atoms with Gasteiger partial charge in [0.2, 0.25) is 5.88 Å². The van der Waals surface area contributed by atoms with E-state index in [1.54, 1.807) is 13.3 Å². The lowest BCUT2D eigenvalue weighted by Gasteiger charge is -2.44. The molecule has 2 heterocycles. The summed E-state index contributed by atoms with van der Waals surface area (Å²) in [6.45, 7) is 16.8. The van der Waals surface area contributed by atoms with Crippen LogP contribution in [0.2, 0.25) is 5.02 Å². The number of aromatic nitrogens is 1. The number of aliphatic hydroxyl groups excluding tert-OH is 1. The van der Waals surface area contributed by atoms with Crippen LogP contribution in [0.3, 0.4) is 0 Å². The van der Waals surface area contributed by atoms with E-state index < -0.39 is 6.23 Å². The molecule has 46 heavy (non-hydrogen) atoms. The molecule has 3 unspecified atom stereocenters. The molecule has 2 aromatic rings.